The standard InChI is InChI=1S/C21H36N4O3.HI/c1-3-22-21(23-9-5-10-25-11-15-27-16-12-25)24-18-19-7-4-8-20(17-19)28-14-6-13-26-2;/h4,7-8,17H,3,5-6,9-16,18H2,1-2H3,(H2,22,23,24);1H. The molecule has 0 aliphatic carbocycles. The number of halogens is 1. The number of ether oxygens (including phenoxy) is 3. The lowest BCUT2D eigenvalue weighted by Crippen LogP contribution is -2.40. The largest absolute Gasteiger partial charge is 0.493 e. The third-order valence-electron chi connectivity index (χ3n) is 4.47. The van der Waals surface area contributed by atoms with E-state index in [4.69, 9.17) is 19.2 Å². The Hall–Kier alpha value is -1.10. The molecular formula is C21H37IN4O3. The summed E-state index contributed by atoms with van der Waals surface area (Å²) in [5.41, 5.74) is 1.13. The van der Waals surface area contributed by atoms with Crippen LogP contribution < -0.4 is 15.4 Å². The summed E-state index contributed by atoms with van der Waals surface area (Å²) in [6.45, 7) is 10.7. The highest BCUT2D eigenvalue weighted by atomic mass is 127. The van der Waals surface area contributed by atoms with Crippen LogP contribution in [0.4, 0.5) is 0 Å². The van der Waals surface area contributed by atoms with E-state index in [-0.39, 0.29) is 24.0 Å². The molecule has 2 rings (SSSR count). The van der Waals surface area contributed by atoms with Crippen molar-refractivity contribution in [3.8, 4) is 5.75 Å². The number of aliphatic imine (C=N–C) groups is 1. The van der Waals surface area contributed by atoms with Gasteiger partial charge in [-0.2, -0.15) is 0 Å². The van der Waals surface area contributed by atoms with Crippen LogP contribution in [-0.4, -0.2) is 77.1 Å². The molecule has 1 aliphatic heterocycles. The average molecular weight is 520 g/mol. The molecule has 166 valence electrons. The van der Waals surface area contributed by atoms with Gasteiger partial charge >= 0.3 is 0 Å². The molecule has 29 heavy (non-hydrogen) atoms. The molecule has 8 heteroatoms. The monoisotopic (exact) mass is 520 g/mol. The molecule has 0 saturated carbocycles. The van der Waals surface area contributed by atoms with E-state index >= 15 is 0 Å². The van der Waals surface area contributed by atoms with Gasteiger partial charge in [-0.3, -0.25) is 4.90 Å². The minimum atomic E-state index is 0. The summed E-state index contributed by atoms with van der Waals surface area (Å²) in [6.07, 6.45) is 1.98. The molecule has 1 heterocycles. The van der Waals surface area contributed by atoms with Gasteiger partial charge in [0.15, 0.2) is 5.96 Å². The van der Waals surface area contributed by atoms with E-state index in [1.165, 1.54) is 0 Å². The summed E-state index contributed by atoms with van der Waals surface area (Å²) in [4.78, 5) is 7.16. The summed E-state index contributed by atoms with van der Waals surface area (Å²) in [6, 6.07) is 8.13. The Morgan fingerprint density at radius 2 is 2.00 bits per heavy atom. The van der Waals surface area contributed by atoms with Crippen molar-refractivity contribution in [3.05, 3.63) is 29.8 Å². The molecule has 7 nitrogen and oxygen atoms in total. The van der Waals surface area contributed by atoms with Gasteiger partial charge in [-0.1, -0.05) is 12.1 Å². The lowest BCUT2D eigenvalue weighted by Gasteiger charge is -2.26. The summed E-state index contributed by atoms with van der Waals surface area (Å²) in [5, 5.41) is 6.74. The SMILES string of the molecule is CCNC(=NCc1cccc(OCCCOC)c1)NCCCN1CCOCC1.I. The number of benzene rings is 1. The van der Waals surface area contributed by atoms with Gasteiger partial charge in [-0.25, -0.2) is 4.99 Å². The maximum Gasteiger partial charge on any atom is 0.191 e. The zero-order valence-electron chi connectivity index (χ0n) is 17.8. The molecule has 1 aromatic rings. The smallest absolute Gasteiger partial charge is 0.191 e. The number of morpholine rings is 1. The number of guanidine groups is 1. The number of hydrogen-bond donors (Lipinski definition) is 2. The van der Waals surface area contributed by atoms with Crippen LogP contribution in [0.15, 0.2) is 29.3 Å². The first kappa shape index (κ1) is 25.9. The molecule has 1 saturated heterocycles. The number of methoxy groups -OCH3 is 1. The molecule has 0 unspecified atom stereocenters. The zero-order chi connectivity index (χ0) is 19.9. The topological polar surface area (TPSA) is 67.4 Å². The van der Waals surface area contributed by atoms with Crippen LogP contribution in [-0.2, 0) is 16.0 Å². The second-order valence-corrected chi connectivity index (χ2v) is 6.77. The highest BCUT2D eigenvalue weighted by Crippen LogP contribution is 2.14. The van der Waals surface area contributed by atoms with Gasteiger partial charge < -0.3 is 24.8 Å². The molecule has 0 spiro atoms. The van der Waals surface area contributed by atoms with Crippen LogP contribution in [0.25, 0.3) is 0 Å². The lowest BCUT2D eigenvalue weighted by atomic mass is 10.2. The van der Waals surface area contributed by atoms with E-state index in [0.29, 0.717) is 19.8 Å². The first-order chi connectivity index (χ1) is 13.8. The molecule has 0 amide bonds. The Morgan fingerprint density at radius 3 is 2.76 bits per heavy atom. The fraction of sp³-hybridized carbons (Fsp3) is 0.667. The van der Waals surface area contributed by atoms with Crippen molar-refractivity contribution in [2.24, 2.45) is 4.99 Å². The maximum atomic E-state index is 5.77. The first-order valence-corrected chi connectivity index (χ1v) is 10.3. The second kappa shape index (κ2) is 16.7. The maximum absolute atomic E-state index is 5.77. The molecule has 2 N–H and O–H groups in total. The van der Waals surface area contributed by atoms with Crippen LogP contribution in [0.5, 0.6) is 5.75 Å². The van der Waals surface area contributed by atoms with Crippen molar-refractivity contribution < 1.29 is 14.2 Å². The van der Waals surface area contributed by atoms with Crippen LogP contribution in [0, 0.1) is 0 Å². The van der Waals surface area contributed by atoms with Crippen molar-refractivity contribution >= 4 is 29.9 Å². The summed E-state index contributed by atoms with van der Waals surface area (Å²) in [5.74, 6) is 1.74. The number of rotatable bonds is 12. The molecule has 1 fully saturated rings. The Morgan fingerprint density at radius 1 is 1.17 bits per heavy atom. The first-order valence-electron chi connectivity index (χ1n) is 10.3. The average Bonchev–Trinajstić information content (AvgIpc) is 2.73. The third kappa shape index (κ3) is 11.6. The quantitative estimate of drug-likeness (QED) is 0.191. The number of hydrogen-bond acceptors (Lipinski definition) is 5. The van der Waals surface area contributed by atoms with Crippen LogP contribution in [0.3, 0.4) is 0 Å². The number of nitrogens with zero attached hydrogens (tertiary/aromatic N) is 2. The van der Waals surface area contributed by atoms with E-state index < -0.39 is 0 Å². The Balaban J connectivity index is 0.00000420. The van der Waals surface area contributed by atoms with Crippen LogP contribution in [0.1, 0.15) is 25.3 Å². The van der Waals surface area contributed by atoms with E-state index in [1.807, 2.05) is 12.1 Å². The van der Waals surface area contributed by atoms with Crippen molar-refractivity contribution in [1.29, 1.82) is 0 Å². The zero-order valence-corrected chi connectivity index (χ0v) is 20.2. The number of nitrogens with one attached hydrogen (secondary N) is 2. The minimum absolute atomic E-state index is 0. The normalized spacial score (nSPS) is 14.9. The molecule has 0 radical (unpaired) electrons. The second-order valence-electron chi connectivity index (χ2n) is 6.77. The molecular weight excluding hydrogens is 483 g/mol. The molecule has 0 bridgehead atoms. The highest BCUT2D eigenvalue weighted by molar-refractivity contribution is 14.0. The Bertz CT molecular complexity index is 569. The van der Waals surface area contributed by atoms with Crippen molar-refractivity contribution in [1.82, 2.24) is 15.5 Å². The molecule has 1 aromatic carbocycles. The molecule has 0 atom stereocenters. The molecule has 1 aliphatic rings. The van der Waals surface area contributed by atoms with Gasteiger partial charge in [0.2, 0.25) is 0 Å². The highest BCUT2D eigenvalue weighted by Gasteiger charge is 2.09. The van der Waals surface area contributed by atoms with Gasteiger partial charge in [0.05, 0.1) is 26.4 Å². The predicted octanol–water partition coefficient (Wildman–Crippen LogP) is 2.50. The van der Waals surface area contributed by atoms with Gasteiger partial charge in [0, 0.05) is 46.3 Å². The van der Waals surface area contributed by atoms with Crippen molar-refractivity contribution in [2.45, 2.75) is 26.3 Å². The Kier molecular flexibility index (Phi) is 14.9. The summed E-state index contributed by atoms with van der Waals surface area (Å²) in [7, 11) is 1.71. The van der Waals surface area contributed by atoms with Crippen molar-refractivity contribution in [2.75, 3.05) is 66.3 Å². The third-order valence-corrected chi connectivity index (χ3v) is 4.47. The molecule has 0 aromatic heterocycles. The predicted molar refractivity (Wildman–Crippen MR) is 129 cm³/mol. The summed E-state index contributed by atoms with van der Waals surface area (Å²) < 4.78 is 16.2. The van der Waals surface area contributed by atoms with Gasteiger partial charge in [-0.15, -0.1) is 24.0 Å². The van der Waals surface area contributed by atoms with Gasteiger partial charge in [0.25, 0.3) is 0 Å². The fourth-order valence-corrected chi connectivity index (χ4v) is 2.97. The van der Waals surface area contributed by atoms with Gasteiger partial charge in [-0.05, 0) is 37.6 Å². The fourth-order valence-electron chi connectivity index (χ4n) is 2.97. The minimum Gasteiger partial charge on any atom is -0.493 e. The lowest BCUT2D eigenvalue weighted by molar-refractivity contribution is 0.0376. The van der Waals surface area contributed by atoms with E-state index in [0.717, 1.165) is 76.1 Å². The Labute approximate surface area is 192 Å². The van der Waals surface area contributed by atoms with Gasteiger partial charge in [0.1, 0.15) is 5.75 Å². The van der Waals surface area contributed by atoms with Crippen LogP contribution >= 0.6 is 24.0 Å². The van der Waals surface area contributed by atoms with E-state index in [9.17, 15) is 0 Å². The van der Waals surface area contributed by atoms with Crippen molar-refractivity contribution in [3.63, 3.8) is 0 Å². The summed E-state index contributed by atoms with van der Waals surface area (Å²) >= 11 is 0. The van der Waals surface area contributed by atoms with E-state index in [1.54, 1.807) is 7.11 Å². The van der Waals surface area contributed by atoms with Crippen LogP contribution in [0.2, 0.25) is 0 Å². The van der Waals surface area contributed by atoms with E-state index in [2.05, 4.69) is 34.6 Å².